The van der Waals surface area contributed by atoms with Crippen LogP contribution in [0.1, 0.15) is 5.56 Å². The van der Waals surface area contributed by atoms with Crippen molar-refractivity contribution >= 4 is 35.0 Å². The Labute approximate surface area is 124 Å². The average molecular weight is 315 g/mol. The fraction of sp³-hybridized carbons (Fsp3) is 0.0769. The second kappa shape index (κ2) is 6.54. The van der Waals surface area contributed by atoms with E-state index >= 15 is 0 Å². The molecule has 1 aromatic heterocycles. The Balaban J connectivity index is 1.97. The zero-order valence-corrected chi connectivity index (χ0v) is 11.6. The number of nitrogens with zero attached hydrogens (tertiary/aromatic N) is 1. The highest BCUT2D eigenvalue weighted by Crippen LogP contribution is 2.24. The Morgan fingerprint density at radius 1 is 1.25 bits per heavy atom. The summed E-state index contributed by atoms with van der Waals surface area (Å²) >= 11 is 11.2. The second-order valence-corrected chi connectivity index (χ2v) is 4.50. The first-order chi connectivity index (χ1) is 9.56. The summed E-state index contributed by atoms with van der Waals surface area (Å²) in [6, 6.07) is 10.1. The lowest BCUT2D eigenvalue weighted by molar-refractivity contribution is 0.155. The molecular weight excluding hydrogens is 306 g/mol. The topological polar surface area (TPSA) is 51.2 Å². The van der Waals surface area contributed by atoms with Crippen LogP contribution in [0.15, 0.2) is 36.4 Å². The van der Waals surface area contributed by atoms with E-state index in [0.717, 1.165) is 11.6 Å². The smallest absolute Gasteiger partial charge is 0.412 e. The van der Waals surface area contributed by atoms with E-state index in [9.17, 15) is 9.18 Å². The Kier molecular flexibility index (Phi) is 4.76. The summed E-state index contributed by atoms with van der Waals surface area (Å²) in [5.74, 6) is -0.783. The molecule has 0 radical (unpaired) electrons. The molecule has 1 heterocycles. The number of hydrogen-bond donors (Lipinski definition) is 1. The van der Waals surface area contributed by atoms with Gasteiger partial charge >= 0.3 is 6.09 Å². The van der Waals surface area contributed by atoms with Gasteiger partial charge in [0.15, 0.2) is 16.1 Å². The SMILES string of the molecule is O=C(Nc1cc(F)c(Cl)nc1Cl)OCc1ccccc1. The number of pyridine rings is 1. The minimum Gasteiger partial charge on any atom is -0.444 e. The van der Waals surface area contributed by atoms with E-state index in [-0.39, 0.29) is 22.6 Å². The van der Waals surface area contributed by atoms with Gasteiger partial charge in [-0.25, -0.2) is 14.2 Å². The van der Waals surface area contributed by atoms with Gasteiger partial charge in [0, 0.05) is 6.07 Å². The maximum Gasteiger partial charge on any atom is 0.412 e. The third-order valence-electron chi connectivity index (χ3n) is 2.34. The van der Waals surface area contributed by atoms with Gasteiger partial charge in [0.1, 0.15) is 6.61 Å². The number of halogens is 3. The number of benzene rings is 1. The minimum absolute atomic E-state index is 0.00775. The summed E-state index contributed by atoms with van der Waals surface area (Å²) in [4.78, 5) is 15.1. The Morgan fingerprint density at radius 3 is 2.65 bits per heavy atom. The molecule has 1 N–H and O–H groups in total. The van der Waals surface area contributed by atoms with Gasteiger partial charge in [-0.05, 0) is 5.56 Å². The molecule has 2 rings (SSSR count). The first kappa shape index (κ1) is 14.6. The van der Waals surface area contributed by atoms with E-state index in [1.165, 1.54) is 0 Å². The Morgan fingerprint density at radius 2 is 1.95 bits per heavy atom. The predicted octanol–water partition coefficient (Wildman–Crippen LogP) is 4.28. The van der Waals surface area contributed by atoms with Crippen molar-refractivity contribution in [2.75, 3.05) is 5.32 Å². The van der Waals surface area contributed by atoms with Crippen molar-refractivity contribution < 1.29 is 13.9 Å². The summed E-state index contributed by atoms with van der Waals surface area (Å²) in [5.41, 5.74) is 0.820. The molecule has 0 aliphatic rings. The molecule has 0 fully saturated rings. The quantitative estimate of drug-likeness (QED) is 0.860. The van der Waals surface area contributed by atoms with E-state index in [0.29, 0.717) is 0 Å². The number of carbonyl (C=O) groups is 1. The Hall–Kier alpha value is -1.85. The standard InChI is InChI=1S/C13H9Cl2FN2O2/c14-11-9(16)6-10(12(15)18-11)17-13(19)20-7-8-4-2-1-3-5-8/h1-6H,7H2,(H,17,19). The van der Waals surface area contributed by atoms with Gasteiger partial charge in [-0.3, -0.25) is 5.32 Å². The molecule has 0 saturated heterocycles. The van der Waals surface area contributed by atoms with Crippen molar-refractivity contribution in [3.05, 3.63) is 58.1 Å². The van der Waals surface area contributed by atoms with Crippen LogP contribution in [-0.2, 0) is 11.3 Å². The number of carbonyl (C=O) groups excluding carboxylic acids is 1. The third kappa shape index (κ3) is 3.82. The molecule has 1 amide bonds. The van der Waals surface area contributed by atoms with Gasteiger partial charge in [-0.2, -0.15) is 0 Å². The molecule has 0 aliphatic carbocycles. The van der Waals surface area contributed by atoms with Gasteiger partial charge < -0.3 is 4.74 Å². The van der Waals surface area contributed by atoms with E-state index < -0.39 is 11.9 Å². The highest BCUT2D eigenvalue weighted by molar-refractivity contribution is 6.34. The lowest BCUT2D eigenvalue weighted by Crippen LogP contribution is -2.14. The molecule has 0 saturated carbocycles. The van der Waals surface area contributed by atoms with Crippen LogP contribution in [0.5, 0.6) is 0 Å². The normalized spacial score (nSPS) is 10.2. The van der Waals surface area contributed by atoms with Crippen LogP contribution in [0, 0.1) is 5.82 Å². The van der Waals surface area contributed by atoms with Crippen LogP contribution in [0.3, 0.4) is 0 Å². The van der Waals surface area contributed by atoms with Gasteiger partial charge in [-0.15, -0.1) is 0 Å². The molecule has 1 aromatic carbocycles. The summed E-state index contributed by atoms with van der Waals surface area (Å²) in [5, 5.41) is 1.81. The number of hydrogen-bond acceptors (Lipinski definition) is 3. The molecular formula is C13H9Cl2FN2O2. The first-order valence-electron chi connectivity index (χ1n) is 5.55. The number of ether oxygens (including phenoxy) is 1. The van der Waals surface area contributed by atoms with Crippen molar-refractivity contribution in [3.8, 4) is 0 Å². The molecule has 2 aromatic rings. The predicted molar refractivity (Wildman–Crippen MR) is 74.5 cm³/mol. The molecule has 0 atom stereocenters. The molecule has 4 nitrogen and oxygen atoms in total. The van der Waals surface area contributed by atoms with Crippen LogP contribution < -0.4 is 5.32 Å². The summed E-state index contributed by atoms with van der Waals surface area (Å²) in [7, 11) is 0. The number of nitrogens with one attached hydrogen (secondary N) is 1. The number of amides is 1. The van der Waals surface area contributed by atoms with Crippen molar-refractivity contribution in [2.45, 2.75) is 6.61 Å². The monoisotopic (exact) mass is 314 g/mol. The Bertz CT molecular complexity index is 623. The van der Waals surface area contributed by atoms with E-state index in [2.05, 4.69) is 10.3 Å². The molecule has 0 unspecified atom stereocenters. The lowest BCUT2D eigenvalue weighted by Gasteiger charge is -2.08. The largest absolute Gasteiger partial charge is 0.444 e. The molecule has 7 heteroatoms. The number of anilines is 1. The maximum absolute atomic E-state index is 13.2. The maximum atomic E-state index is 13.2. The molecule has 0 spiro atoms. The van der Waals surface area contributed by atoms with E-state index in [1.54, 1.807) is 0 Å². The van der Waals surface area contributed by atoms with Crippen LogP contribution in [-0.4, -0.2) is 11.1 Å². The summed E-state index contributed by atoms with van der Waals surface area (Å²) in [6.45, 7) is 0.0911. The van der Waals surface area contributed by atoms with Gasteiger partial charge in [0.25, 0.3) is 0 Å². The van der Waals surface area contributed by atoms with Crippen LogP contribution in [0.4, 0.5) is 14.9 Å². The summed E-state index contributed by atoms with van der Waals surface area (Å²) < 4.78 is 18.2. The summed E-state index contributed by atoms with van der Waals surface area (Å²) in [6.07, 6.45) is -0.765. The highest BCUT2D eigenvalue weighted by atomic mass is 35.5. The zero-order valence-electron chi connectivity index (χ0n) is 10.1. The fourth-order valence-electron chi connectivity index (χ4n) is 1.40. The van der Waals surface area contributed by atoms with Gasteiger partial charge in [0.2, 0.25) is 0 Å². The second-order valence-electron chi connectivity index (χ2n) is 3.79. The molecule has 0 aliphatic heterocycles. The first-order valence-corrected chi connectivity index (χ1v) is 6.31. The van der Waals surface area contributed by atoms with Crippen molar-refractivity contribution in [1.82, 2.24) is 4.98 Å². The van der Waals surface area contributed by atoms with Crippen molar-refractivity contribution in [2.24, 2.45) is 0 Å². The van der Waals surface area contributed by atoms with Gasteiger partial charge in [0.05, 0.1) is 5.69 Å². The van der Waals surface area contributed by atoms with Gasteiger partial charge in [-0.1, -0.05) is 53.5 Å². The lowest BCUT2D eigenvalue weighted by atomic mass is 10.2. The van der Waals surface area contributed by atoms with Crippen molar-refractivity contribution in [1.29, 1.82) is 0 Å². The molecule has 20 heavy (non-hydrogen) atoms. The highest BCUT2D eigenvalue weighted by Gasteiger charge is 2.12. The fourth-order valence-corrected chi connectivity index (χ4v) is 1.77. The third-order valence-corrected chi connectivity index (χ3v) is 2.89. The average Bonchev–Trinajstić information content (AvgIpc) is 2.44. The minimum atomic E-state index is -0.783. The molecule has 104 valence electrons. The van der Waals surface area contributed by atoms with Crippen LogP contribution >= 0.6 is 23.2 Å². The van der Waals surface area contributed by atoms with Crippen LogP contribution in [0.2, 0.25) is 10.3 Å². The zero-order chi connectivity index (χ0) is 14.5. The van der Waals surface area contributed by atoms with E-state index in [4.69, 9.17) is 27.9 Å². The van der Waals surface area contributed by atoms with E-state index in [1.807, 2.05) is 30.3 Å². The van der Waals surface area contributed by atoms with Crippen LogP contribution in [0.25, 0.3) is 0 Å². The number of aromatic nitrogens is 1. The molecule has 0 bridgehead atoms. The van der Waals surface area contributed by atoms with Crippen molar-refractivity contribution in [3.63, 3.8) is 0 Å². The number of rotatable bonds is 3.